The summed E-state index contributed by atoms with van der Waals surface area (Å²) in [6.07, 6.45) is 21.8. The van der Waals surface area contributed by atoms with Crippen molar-refractivity contribution in [3.8, 4) is 0 Å². The number of halogens is 1. The van der Waals surface area contributed by atoms with Gasteiger partial charge >= 0.3 is 72.2 Å². The Morgan fingerprint density at radius 3 is 1.58 bits per heavy atom. The Morgan fingerprint density at radius 2 is 1.16 bits per heavy atom. The zero-order valence-electron chi connectivity index (χ0n) is 10.1. The molecule has 2 rings (SSSR count). The van der Waals surface area contributed by atoms with Crippen LogP contribution in [0.3, 0.4) is 0 Å². The number of allylic oxidation sites excluding steroid dienone is 10. The van der Waals surface area contributed by atoms with Crippen LogP contribution in [0.15, 0.2) is 72.9 Å². The van der Waals surface area contributed by atoms with E-state index in [0.29, 0.717) is 0 Å². The third kappa shape index (κ3) is 8.76. The fraction of sp³-hybridized carbons (Fsp3) is 0.143. The van der Waals surface area contributed by atoms with Gasteiger partial charge in [-0.3, -0.25) is 0 Å². The van der Waals surface area contributed by atoms with Gasteiger partial charge in [0.1, 0.15) is 0 Å². The van der Waals surface area contributed by atoms with E-state index in [1.807, 2.05) is 48.6 Å². The van der Waals surface area contributed by atoms with Crippen molar-refractivity contribution in [2.75, 3.05) is 0 Å². The van der Waals surface area contributed by atoms with Crippen LogP contribution in [-0.2, 0) is 9.05 Å². The molecular weight excluding hydrogens is 373 g/mol. The first-order chi connectivity index (χ1) is 9.18. The monoisotopic (exact) mass is 386 g/mol. The molecule has 0 aliphatic heterocycles. The Kier molecular flexibility index (Phi) is 8.48. The van der Waals surface area contributed by atoms with E-state index in [4.69, 9.17) is 11.6 Å². The van der Waals surface area contributed by atoms with Crippen molar-refractivity contribution in [1.29, 1.82) is 0 Å². The average molecular weight is 387 g/mol. The number of hydrogen-bond donors (Lipinski definition) is 0. The third-order valence-electron chi connectivity index (χ3n) is 2.07. The zero-order chi connectivity index (χ0) is 13.9. The van der Waals surface area contributed by atoms with Crippen molar-refractivity contribution >= 4 is 32.2 Å². The summed E-state index contributed by atoms with van der Waals surface area (Å²) in [5.74, 6) is 0. The SMILES string of the molecule is ClC1C=CC=CC=C1.[O]=[Sb](=[O])[O]C1C=CC=CC=C1. The average Bonchev–Trinajstić information content (AvgIpc) is 2.74. The van der Waals surface area contributed by atoms with Crippen molar-refractivity contribution in [3.63, 3.8) is 0 Å². The minimum absolute atomic E-state index is 0.0741. The Balaban J connectivity index is 0.000000200. The first-order valence-corrected chi connectivity index (χ1v) is 9.23. The molecule has 0 aromatic carbocycles. The molecule has 0 saturated heterocycles. The fourth-order valence-electron chi connectivity index (χ4n) is 1.24. The van der Waals surface area contributed by atoms with E-state index in [-0.39, 0.29) is 5.38 Å². The summed E-state index contributed by atoms with van der Waals surface area (Å²) in [6, 6.07) is 0. The zero-order valence-corrected chi connectivity index (χ0v) is 13.4. The Bertz CT molecular complexity index is 471. The van der Waals surface area contributed by atoms with E-state index in [9.17, 15) is 6.03 Å². The molecule has 0 amide bonds. The van der Waals surface area contributed by atoms with Crippen LogP contribution >= 0.6 is 11.6 Å². The second-order valence-corrected chi connectivity index (χ2v) is 5.93. The predicted molar refractivity (Wildman–Crippen MR) is 76.5 cm³/mol. The summed E-state index contributed by atoms with van der Waals surface area (Å²) in [5, 5.41) is 0.0741. The molecule has 5 heteroatoms. The second kappa shape index (κ2) is 9.96. The number of rotatable bonds is 2. The van der Waals surface area contributed by atoms with Gasteiger partial charge in [-0.1, -0.05) is 36.5 Å². The van der Waals surface area contributed by atoms with Gasteiger partial charge in [0.05, 0.1) is 5.38 Å². The molecule has 0 N–H and O–H groups in total. The van der Waals surface area contributed by atoms with Crippen molar-refractivity contribution < 1.29 is 9.05 Å². The maximum absolute atomic E-state index is 10.2. The maximum atomic E-state index is 10.2. The molecule has 2 aliphatic carbocycles. The summed E-state index contributed by atoms with van der Waals surface area (Å²) in [6.45, 7) is 0. The minimum atomic E-state index is -3.77. The molecule has 19 heavy (non-hydrogen) atoms. The second-order valence-electron chi connectivity index (χ2n) is 3.55. The van der Waals surface area contributed by atoms with E-state index < -0.39 is 26.7 Å². The van der Waals surface area contributed by atoms with Crippen LogP contribution in [0.1, 0.15) is 0 Å². The van der Waals surface area contributed by atoms with Crippen LogP contribution in [0.4, 0.5) is 0 Å². The molecule has 0 aromatic rings. The van der Waals surface area contributed by atoms with Crippen LogP contribution in [0, 0.1) is 0 Å². The molecule has 0 saturated carbocycles. The Morgan fingerprint density at radius 1 is 0.737 bits per heavy atom. The van der Waals surface area contributed by atoms with E-state index in [2.05, 4.69) is 3.02 Å². The van der Waals surface area contributed by atoms with E-state index in [0.717, 1.165) is 0 Å². The third-order valence-corrected chi connectivity index (χ3v) is 3.54. The van der Waals surface area contributed by atoms with E-state index in [1.54, 1.807) is 24.3 Å². The van der Waals surface area contributed by atoms with Gasteiger partial charge in [-0.2, -0.15) is 0 Å². The quantitative estimate of drug-likeness (QED) is 0.540. The predicted octanol–water partition coefficient (Wildman–Crippen LogP) is 3.18. The van der Waals surface area contributed by atoms with E-state index >= 15 is 0 Å². The van der Waals surface area contributed by atoms with Gasteiger partial charge < -0.3 is 0 Å². The van der Waals surface area contributed by atoms with Crippen LogP contribution in [0.25, 0.3) is 0 Å². The summed E-state index contributed by atoms with van der Waals surface area (Å²) >= 11 is 1.94. The van der Waals surface area contributed by atoms with Gasteiger partial charge in [0.25, 0.3) is 0 Å². The molecule has 0 radical (unpaired) electrons. The standard InChI is InChI=1S/C7H7Cl.C7H7O.2O.Sb/c2*8-7-5-3-1-2-4-6-7;;;/h2*1-7H;;;/q;-1;;;+1. The molecule has 0 spiro atoms. The molecule has 100 valence electrons. The summed E-state index contributed by atoms with van der Waals surface area (Å²) < 4.78 is 25.1. The van der Waals surface area contributed by atoms with Gasteiger partial charge in [0, 0.05) is 0 Å². The molecule has 0 heterocycles. The molecule has 3 nitrogen and oxygen atoms in total. The van der Waals surface area contributed by atoms with Crippen molar-refractivity contribution in [3.05, 3.63) is 72.9 Å². The molecule has 2 aliphatic rings. The topological polar surface area (TPSA) is 43.4 Å². The van der Waals surface area contributed by atoms with Crippen LogP contribution < -0.4 is 0 Å². The molecule has 0 bridgehead atoms. The molecule has 0 aromatic heterocycles. The van der Waals surface area contributed by atoms with E-state index in [1.165, 1.54) is 0 Å². The summed E-state index contributed by atoms with van der Waals surface area (Å²) in [4.78, 5) is 0. The van der Waals surface area contributed by atoms with Crippen LogP contribution in [0.5, 0.6) is 0 Å². The molecule has 0 unspecified atom stereocenters. The van der Waals surface area contributed by atoms with Crippen LogP contribution in [-0.4, -0.2) is 32.1 Å². The molecule has 0 atom stereocenters. The molecular formula is C14H14ClO3Sb. The van der Waals surface area contributed by atoms with Gasteiger partial charge in [-0.25, -0.2) is 0 Å². The summed E-state index contributed by atoms with van der Waals surface area (Å²) in [7, 11) is 0. The van der Waals surface area contributed by atoms with Crippen molar-refractivity contribution in [1.82, 2.24) is 0 Å². The molecule has 0 fully saturated rings. The number of hydrogen-bond acceptors (Lipinski definition) is 3. The van der Waals surface area contributed by atoms with Crippen LogP contribution in [0.2, 0.25) is 0 Å². The Labute approximate surface area is 125 Å². The van der Waals surface area contributed by atoms with Gasteiger partial charge in [-0.15, -0.1) is 11.6 Å². The van der Waals surface area contributed by atoms with Crippen molar-refractivity contribution in [2.24, 2.45) is 0 Å². The normalized spacial score (nSPS) is 17.7. The Hall–Kier alpha value is -0.892. The number of alkyl halides is 1. The van der Waals surface area contributed by atoms with Gasteiger partial charge in [0.15, 0.2) is 0 Å². The van der Waals surface area contributed by atoms with Gasteiger partial charge in [-0.05, 0) is 0 Å². The summed E-state index contributed by atoms with van der Waals surface area (Å²) in [5.41, 5.74) is 0. The fourth-order valence-corrected chi connectivity index (χ4v) is 2.38. The van der Waals surface area contributed by atoms with Gasteiger partial charge in [0.2, 0.25) is 0 Å². The van der Waals surface area contributed by atoms with Crippen molar-refractivity contribution in [2.45, 2.75) is 11.5 Å². The first kappa shape index (κ1) is 16.2. The first-order valence-electron chi connectivity index (χ1n) is 5.67.